The Labute approximate surface area is 755 Å². The first-order valence-electron chi connectivity index (χ1n) is 43.5. The summed E-state index contributed by atoms with van der Waals surface area (Å²) in [6, 6.07) is 58.8. The van der Waals surface area contributed by atoms with Gasteiger partial charge in [-0.3, -0.25) is 4.79 Å². The number of carbonyl (C=O) groups excluding carboxylic acids is 1. The number of fused-ring (bicyclic) bond motifs is 18. The van der Waals surface area contributed by atoms with Gasteiger partial charge in [0.2, 0.25) is 0 Å². The largest absolute Gasteiger partial charge is 0.459 e. The predicted octanol–water partition coefficient (Wildman–Crippen LogP) is 27.2. The lowest BCUT2D eigenvalue weighted by atomic mass is 9.91. The minimum Gasteiger partial charge on any atom is -0.459 e. The maximum Gasteiger partial charge on any atom is 0.265 e. The summed E-state index contributed by atoms with van der Waals surface area (Å²) in [7, 11) is 1.75. The lowest BCUT2D eigenvalue weighted by molar-refractivity contribution is 0.0700. The van der Waals surface area contributed by atoms with Crippen molar-refractivity contribution in [3.8, 4) is 0 Å². The van der Waals surface area contributed by atoms with Crippen LogP contribution >= 0.6 is 75.3 Å². The van der Waals surface area contributed by atoms with Gasteiger partial charge < -0.3 is 67.2 Å². The molecular formula is C101H105Br4N11O6S. The van der Waals surface area contributed by atoms with E-state index >= 15 is 0 Å². The van der Waals surface area contributed by atoms with E-state index in [2.05, 4.69) is 271 Å². The summed E-state index contributed by atoms with van der Waals surface area (Å²) in [5.74, 6) is 3.07. The van der Waals surface area contributed by atoms with Crippen molar-refractivity contribution in [2.45, 2.75) is 173 Å². The number of furan rings is 3. The van der Waals surface area contributed by atoms with E-state index < -0.39 is 0 Å². The van der Waals surface area contributed by atoms with Crippen molar-refractivity contribution in [1.29, 1.82) is 0 Å². The number of H-pyrrole nitrogens is 3. The number of nitrogens with one attached hydrogen (secondary N) is 5. The van der Waals surface area contributed by atoms with Crippen LogP contribution in [0.4, 0.5) is 17.1 Å². The Bertz CT molecular complexity index is 6420. The zero-order chi connectivity index (χ0) is 82.9. The third-order valence-electron chi connectivity index (χ3n) is 25.8. The van der Waals surface area contributed by atoms with Gasteiger partial charge in [0.1, 0.15) is 45.0 Å². The minimum atomic E-state index is -0.0878. The number of para-hydroxylation sites is 1. The summed E-state index contributed by atoms with van der Waals surface area (Å²) in [6.45, 7) is 11.9. The van der Waals surface area contributed by atoms with Gasteiger partial charge in [0, 0.05) is 176 Å². The molecule has 5 unspecified atom stereocenters. The third-order valence-corrected chi connectivity index (χ3v) is 28.6. The van der Waals surface area contributed by atoms with Crippen molar-refractivity contribution in [1.82, 2.24) is 39.0 Å². The van der Waals surface area contributed by atoms with Crippen LogP contribution in [0.25, 0.3) is 71.2 Å². The molecule has 1 amide bonds. The Morgan fingerprint density at radius 1 is 0.480 bits per heavy atom. The molecule has 5 atom stereocenters. The van der Waals surface area contributed by atoms with Crippen molar-refractivity contribution in [3.05, 3.63) is 291 Å². The Morgan fingerprint density at radius 3 is 1.51 bits per heavy atom. The molecule has 0 radical (unpaired) electrons. The van der Waals surface area contributed by atoms with Gasteiger partial charge in [0.05, 0.1) is 43.1 Å². The minimum absolute atomic E-state index is 0. The number of hydrogen-bond acceptors (Lipinski definition) is 12. The molecule has 24 rings (SSSR count). The number of anilines is 3. The molecule has 634 valence electrons. The molecule has 0 spiro atoms. The van der Waals surface area contributed by atoms with Crippen LogP contribution in [0.2, 0.25) is 0 Å². The quantitative estimate of drug-likeness (QED) is 0.0925. The van der Waals surface area contributed by atoms with Crippen molar-refractivity contribution in [2.24, 2.45) is 0 Å². The summed E-state index contributed by atoms with van der Waals surface area (Å²) in [5, 5.41) is 18.5. The average Bonchev–Trinajstić information content (AvgIpc) is 1.63. The van der Waals surface area contributed by atoms with Gasteiger partial charge in [-0.15, -0.1) is 5.10 Å². The fourth-order valence-electron chi connectivity index (χ4n) is 19.9. The highest BCUT2D eigenvalue weighted by atomic mass is 79.9. The van der Waals surface area contributed by atoms with Gasteiger partial charge in [0.15, 0.2) is 0 Å². The molecule has 0 saturated carbocycles. The number of halogens is 4. The summed E-state index contributed by atoms with van der Waals surface area (Å²) in [5.41, 5.74) is 24.7. The summed E-state index contributed by atoms with van der Waals surface area (Å²) in [4.78, 5) is 29.0. The highest BCUT2D eigenvalue weighted by molar-refractivity contribution is 9.11. The lowest BCUT2D eigenvalue weighted by Crippen LogP contribution is -2.36. The second kappa shape index (κ2) is 37.7. The molecule has 11 heterocycles. The van der Waals surface area contributed by atoms with Gasteiger partial charge >= 0.3 is 0 Å². The topological polar surface area (TPSA) is 188 Å². The number of methoxy groups -OCH3 is 1. The maximum absolute atomic E-state index is 12.5. The zero-order valence-electron chi connectivity index (χ0n) is 68.9. The number of nitrogens with zero attached hydrogens (tertiary/aromatic N) is 6. The second-order valence-electron chi connectivity index (χ2n) is 33.4. The Morgan fingerprint density at radius 2 is 0.943 bits per heavy atom. The van der Waals surface area contributed by atoms with E-state index in [4.69, 9.17) is 22.7 Å². The van der Waals surface area contributed by atoms with E-state index in [1.807, 2.05) is 49.4 Å². The van der Waals surface area contributed by atoms with Crippen LogP contribution in [-0.2, 0) is 48.0 Å². The summed E-state index contributed by atoms with van der Waals surface area (Å²) < 4.78 is 41.8. The number of aromatic nitrogens is 7. The number of morpholine rings is 1. The van der Waals surface area contributed by atoms with Gasteiger partial charge in [0.25, 0.3) is 5.91 Å². The maximum atomic E-state index is 12.5. The number of ether oxygens (including phenoxy) is 2. The van der Waals surface area contributed by atoms with Crippen LogP contribution in [0.5, 0.6) is 0 Å². The fraction of sp³-hybridized carbons (Fsp3) is 0.337. The van der Waals surface area contributed by atoms with Crippen LogP contribution < -0.4 is 20.4 Å². The van der Waals surface area contributed by atoms with Crippen LogP contribution in [0.1, 0.15) is 211 Å². The highest BCUT2D eigenvalue weighted by Gasteiger charge is 2.33. The molecule has 2 aliphatic heterocycles. The lowest BCUT2D eigenvalue weighted by Gasteiger charge is -2.29. The molecule has 17 nitrogen and oxygen atoms in total. The third kappa shape index (κ3) is 17.8. The van der Waals surface area contributed by atoms with Crippen LogP contribution in [0, 0.1) is 6.92 Å². The first-order chi connectivity index (χ1) is 59.8. The molecule has 7 aromatic carbocycles. The molecule has 0 bridgehead atoms. The van der Waals surface area contributed by atoms with E-state index in [-0.39, 0.29) is 31.5 Å². The normalized spacial score (nSPS) is 18.8. The molecule has 16 aromatic rings. The zero-order valence-corrected chi connectivity index (χ0v) is 76.1. The number of allylic oxidation sites excluding steroid dienone is 1. The molecule has 6 aliphatic carbocycles. The predicted molar refractivity (Wildman–Crippen MR) is 515 cm³/mol. The van der Waals surface area contributed by atoms with Gasteiger partial charge in [-0.05, 0) is 315 Å². The molecule has 123 heavy (non-hydrogen) atoms. The molecule has 2 saturated heterocycles. The van der Waals surface area contributed by atoms with Crippen molar-refractivity contribution >= 4 is 169 Å². The number of benzene rings is 7. The van der Waals surface area contributed by atoms with Crippen molar-refractivity contribution in [3.63, 3.8) is 0 Å². The van der Waals surface area contributed by atoms with Crippen molar-refractivity contribution < 1.29 is 27.5 Å². The smallest absolute Gasteiger partial charge is 0.265 e. The molecule has 22 heteroatoms. The number of rotatable bonds is 9. The number of amides is 1. The highest BCUT2D eigenvalue weighted by Crippen LogP contribution is 2.46. The SMILES string of the molecule is Brc1ccc2oc3c(c2c1)CCCC3Nc1ccccc1.C.C=C1CCCc2c1oc1ccc(Br)cc21.COC1CCCc2c1oc1ccc(Br)cc21.Cc1nnsc1C(=O)NC1CCCc2c1[nH]c1ccc(Br)cc21.c1ccn(C2CCCc3c2[nH]c2ccc(N4CCCC4)cc32)c1.c1ccn(C2CCCc3c2[nH]c2ccc(N4CCOCC4)cc32)c1. The number of carbonyl (C=O) groups is 1. The fourth-order valence-corrected chi connectivity index (χ4v) is 21.9. The van der Waals surface area contributed by atoms with E-state index in [9.17, 15) is 4.79 Å². The second-order valence-corrected chi connectivity index (χ2v) is 37.8. The molecule has 5 N–H and O–H groups in total. The van der Waals surface area contributed by atoms with E-state index in [0.717, 1.165) is 170 Å². The molecule has 2 fully saturated rings. The van der Waals surface area contributed by atoms with Crippen LogP contribution in [0.15, 0.2) is 226 Å². The van der Waals surface area contributed by atoms with Gasteiger partial charge in [-0.2, -0.15) is 0 Å². The van der Waals surface area contributed by atoms with Gasteiger partial charge in [-0.1, -0.05) is 100 Å². The molecule has 9 aromatic heterocycles. The number of aromatic amines is 3. The number of aryl methyl sites for hydroxylation is 7. The summed E-state index contributed by atoms with van der Waals surface area (Å²) in [6.07, 6.45) is 32.1. The molecular weight excluding hydrogens is 1810 g/mol. The van der Waals surface area contributed by atoms with Crippen LogP contribution in [0.3, 0.4) is 0 Å². The average molecular weight is 1920 g/mol. The monoisotopic (exact) mass is 1920 g/mol. The standard InChI is InChI=1S/C20H23N3O.C20H23N3.C18H16BrNO.C16H15BrN4OS.C13H13BrO2.C13H11BrO.CH4/c1-2-9-23(8-1)19-5-3-4-16-17-14-15(22-10-12-24-13-11-22)6-7-18(17)21-20(16)19;1-2-11-22(10-1)15-8-9-18-17(14-15)16-6-5-7-19(20(16)21-18)23-12-3-4-13-23;19-12-9-10-17-15(11-12)14-7-4-8-16(18(14)21-17)20-13-5-2-1-3-6-13;1-8-15(23-21-20-8)16(22)19-13-4-2-3-10-11-7-9(17)5-6-12(11)18-14(10)13;1-15-12-4-2-3-9-10-7-8(14)5-6-11(10)16-13(9)12;1-8-3-2-4-10-11-7-9(14)5-6-12(11)15-13(8)10;/h1-2,6-9,14,19,21H,3-5,10-13H2;3-4,8-9,12-14,19,21H,1-2,5-7,10-11H2;1-3,5-6,9-11,16,20H,4,7-8H2;5-7,13,18H,2-4H2,1H3,(H,19,22);5-7,12H,2-4H2,1H3;5-7H,1-4H2;1H4. The Hall–Kier alpha value is -9.65. The Balaban J connectivity index is 0.000000101. The van der Waals surface area contributed by atoms with E-state index in [1.165, 1.54) is 178 Å². The summed E-state index contributed by atoms with van der Waals surface area (Å²) >= 11 is 15.2. The number of hydrogen-bond donors (Lipinski definition) is 5. The Kier molecular flexibility index (Phi) is 25.8. The van der Waals surface area contributed by atoms with E-state index in [1.54, 1.807) is 12.7 Å². The van der Waals surface area contributed by atoms with Gasteiger partial charge in [-0.25, -0.2) is 0 Å². The first-order valence-corrected chi connectivity index (χ1v) is 47.4. The van der Waals surface area contributed by atoms with E-state index in [0.29, 0.717) is 22.7 Å². The van der Waals surface area contributed by atoms with Crippen LogP contribution in [-0.4, -0.2) is 86.1 Å². The van der Waals surface area contributed by atoms with Crippen molar-refractivity contribution in [2.75, 3.05) is 61.6 Å². The molecule has 8 aliphatic rings. The first kappa shape index (κ1) is 84.2.